The first-order valence-electron chi connectivity index (χ1n) is 8.46. The largest absolute Gasteiger partial charge is 0.480 e. The Balaban J connectivity index is 1.71. The van der Waals surface area contributed by atoms with Crippen molar-refractivity contribution in [2.75, 3.05) is 0 Å². The Morgan fingerprint density at radius 3 is 2.75 bits per heavy atom. The first kappa shape index (κ1) is 18.4. The molecule has 5 nitrogen and oxygen atoms in total. The number of carbonyl (C=O) groups excluding carboxylic acids is 1. The van der Waals surface area contributed by atoms with E-state index < -0.39 is 12.0 Å². The van der Waals surface area contributed by atoms with E-state index in [2.05, 4.69) is 16.4 Å². The van der Waals surface area contributed by atoms with Crippen LogP contribution in [0.25, 0.3) is 10.2 Å². The molecule has 0 aliphatic carbocycles. The zero-order valence-electron chi connectivity index (χ0n) is 14.0. The summed E-state index contributed by atoms with van der Waals surface area (Å²) < 4.78 is 1.19. The van der Waals surface area contributed by atoms with E-state index in [1.807, 2.05) is 25.1 Å². The molecule has 0 saturated carbocycles. The predicted octanol–water partition coefficient (Wildman–Crippen LogP) is 3.77. The molecule has 2 aromatic rings. The van der Waals surface area contributed by atoms with Crippen LogP contribution in [0.15, 0.2) is 24.3 Å². The number of aryl methyl sites for hydroxylation is 1. The van der Waals surface area contributed by atoms with Crippen molar-refractivity contribution in [1.82, 2.24) is 10.3 Å². The van der Waals surface area contributed by atoms with Crippen LogP contribution in [0.1, 0.15) is 50.5 Å². The van der Waals surface area contributed by atoms with Crippen molar-refractivity contribution >= 4 is 33.4 Å². The molecule has 1 unspecified atom stereocenters. The highest BCUT2D eigenvalue weighted by Gasteiger charge is 2.18. The number of carboxylic acids is 1. The maximum Gasteiger partial charge on any atom is 0.326 e. The van der Waals surface area contributed by atoms with Crippen molar-refractivity contribution in [3.8, 4) is 0 Å². The molecule has 1 amide bonds. The van der Waals surface area contributed by atoms with Gasteiger partial charge in [0.2, 0.25) is 5.91 Å². The maximum atomic E-state index is 11.9. The molecule has 0 fully saturated rings. The highest BCUT2D eigenvalue weighted by molar-refractivity contribution is 7.18. The Labute approximate surface area is 146 Å². The summed E-state index contributed by atoms with van der Waals surface area (Å²) in [5.74, 6) is -1.13. The van der Waals surface area contributed by atoms with E-state index in [1.54, 1.807) is 11.3 Å². The number of benzene rings is 1. The third-order valence-corrected chi connectivity index (χ3v) is 4.96. The molecule has 2 rings (SSSR count). The molecular weight excluding hydrogens is 324 g/mol. The Hall–Kier alpha value is -1.95. The number of carboxylic acid groups (broad SMARTS) is 1. The zero-order chi connectivity index (χ0) is 17.4. The van der Waals surface area contributed by atoms with Gasteiger partial charge in [-0.1, -0.05) is 31.9 Å². The number of fused-ring (bicyclic) bond motifs is 1. The van der Waals surface area contributed by atoms with Gasteiger partial charge in [-0.15, -0.1) is 11.3 Å². The van der Waals surface area contributed by atoms with Gasteiger partial charge in [-0.3, -0.25) is 4.79 Å². The van der Waals surface area contributed by atoms with Crippen LogP contribution >= 0.6 is 11.3 Å². The van der Waals surface area contributed by atoms with Crippen molar-refractivity contribution < 1.29 is 14.7 Å². The monoisotopic (exact) mass is 348 g/mol. The summed E-state index contributed by atoms with van der Waals surface area (Å²) in [6.45, 7) is 2.00. The Morgan fingerprint density at radius 1 is 1.25 bits per heavy atom. The molecule has 1 heterocycles. The fourth-order valence-corrected chi connectivity index (χ4v) is 3.53. The molecule has 1 atom stereocenters. The summed E-state index contributed by atoms with van der Waals surface area (Å²) in [5, 5.41) is 12.8. The summed E-state index contributed by atoms with van der Waals surface area (Å²) in [6, 6.07) is 7.29. The molecule has 24 heavy (non-hydrogen) atoms. The van der Waals surface area contributed by atoms with Crippen LogP contribution in [0.3, 0.4) is 0 Å². The maximum absolute atomic E-state index is 11.9. The van der Waals surface area contributed by atoms with E-state index in [-0.39, 0.29) is 5.91 Å². The fraction of sp³-hybridized carbons (Fsp3) is 0.500. The SMILES string of the molecule is CCCCC(NC(=O)CCCCc1nc2ccccc2s1)C(=O)O. The summed E-state index contributed by atoms with van der Waals surface area (Å²) in [7, 11) is 0. The van der Waals surface area contributed by atoms with E-state index in [0.717, 1.165) is 42.6 Å². The number of nitrogens with one attached hydrogen (secondary N) is 1. The highest BCUT2D eigenvalue weighted by atomic mass is 32.1. The normalized spacial score (nSPS) is 12.2. The van der Waals surface area contributed by atoms with Crippen molar-refractivity contribution in [1.29, 1.82) is 0 Å². The van der Waals surface area contributed by atoms with Gasteiger partial charge in [0.05, 0.1) is 15.2 Å². The Morgan fingerprint density at radius 2 is 2.04 bits per heavy atom. The highest BCUT2D eigenvalue weighted by Crippen LogP contribution is 2.22. The second kappa shape index (κ2) is 9.37. The van der Waals surface area contributed by atoms with Crippen LogP contribution in [-0.2, 0) is 16.0 Å². The lowest BCUT2D eigenvalue weighted by molar-refractivity contribution is -0.142. The second-order valence-electron chi connectivity index (χ2n) is 5.88. The Bertz CT molecular complexity index is 651. The Kier molecular flexibility index (Phi) is 7.18. The molecule has 0 aliphatic heterocycles. The molecule has 2 N–H and O–H groups in total. The minimum Gasteiger partial charge on any atom is -0.480 e. The van der Waals surface area contributed by atoms with Crippen molar-refractivity contribution in [2.24, 2.45) is 0 Å². The first-order valence-corrected chi connectivity index (χ1v) is 9.28. The lowest BCUT2D eigenvalue weighted by Crippen LogP contribution is -2.40. The molecule has 0 bridgehead atoms. The van der Waals surface area contributed by atoms with Gasteiger partial charge in [0.25, 0.3) is 0 Å². The van der Waals surface area contributed by atoms with Gasteiger partial charge in [0, 0.05) is 6.42 Å². The average Bonchev–Trinajstić information content (AvgIpc) is 2.98. The number of amides is 1. The second-order valence-corrected chi connectivity index (χ2v) is 7.00. The lowest BCUT2D eigenvalue weighted by atomic mass is 10.1. The predicted molar refractivity (Wildman–Crippen MR) is 96.3 cm³/mol. The van der Waals surface area contributed by atoms with Crippen LogP contribution in [0.4, 0.5) is 0 Å². The number of thiazole rings is 1. The molecule has 130 valence electrons. The number of aromatic nitrogens is 1. The molecule has 0 saturated heterocycles. The van der Waals surface area contributed by atoms with Gasteiger partial charge in [0.15, 0.2) is 0 Å². The third kappa shape index (κ3) is 5.60. The van der Waals surface area contributed by atoms with E-state index in [4.69, 9.17) is 5.11 Å². The quantitative estimate of drug-likeness (QED) is 0.641. The van der Waals surface area contributed by atoms with E-state index in [1.165, 1.54) is 4.70 Å². The van der Waals surface area contributed by atoms with E-state index in [0.29, 0.717) is 12.8 Å². The number of nitrogens with zero attached hydrogens (tertiary/aromatic N) is 1. The van der Waals surface area contributed by atoms with Gasteiger partial charge in [0.1, 0.15) is 6.04 Å². The molecule has 1 aromatic carbocycles. The van der Waals surface area contributed by atoms with Crippen molar-refractivity contribution in [2.45, 2.75) is 57.9 Å². The molecule has 0 radical (unpaired) electrons. The number of rotatable bonds is 10. The smallest absolute Gasteiger partial charge is 0.326 e. The van der Waals surface area contributed by atoms with Crippen LogP contribution in [-0.4, -0.2) is 28.0 Å². The summed E-state index contributed by atoms with van der Waals surface area (Å²) >= 11 is 1.69. The molecule has 6 heteroatoms. The average molecular weight is 348 g/mol. The zero-order valence-corrected chi connectivity index (χ0v) is 14.8. The van der Waals surface area contributed by atoms with Gasteiger partial charge < -0.3 is 10.4 Å². The number of hydrogen-bond acceptors (Lipinski definition) is 4. The van der Waals surface area contributed by atoms with Crippen LogP contribution in [0.2, 0.25) is 0 Å². The summed E-state index contributed by atoms with van der Waals surface area (Å²) in [5.41, 5.74) is 1.02. The number of hydrogen-bond donors (Lipinski definition) is 2. The number of para-hydroxylation sites is 1. The lowest BCUT2D eigenvalue weighted by Gasteiger charge is -2.13. The molecule has 0 spiro atoms. The fourth-order valence-electron chi connectivity index (χ4n) is 2.52. The van der Waals surface area contributed by atoms with Crippen LogP contribution in [0, 0.1) is 0 Å². The minimum absolute atomic E-state index is 0.178. The molecule has 0 aliphatic rings. The number of unbranched alkanes of at least 4 members (excludes halogenated alkanes) is 2. The number of carbonyl (C=O) groups is 2. The number of aliphatic carboxylic acids is 1. The van der Waals surface area contributed by atoms with Gasteiger partial charge in [-0.05, 0) is 37.8 Å². The first-order chi connectivity index (χ1) is 11.6. The van der Waals surface area contributed by atoms with Crippen molar-refractivity contribution in [3.05, 3.63) is 29.3 Å². The van der Waals surface area contributed by atoms with Crippen LogP contribution in [0.5, 0.6) is 0 Å². The topological polar surface area (TPSA) is 79.3 Å². The summed E-state index contributed by atoms with van der Waals surface area (Å²) in [6.07, 6.45) is 5.04. The third-order valence-electron chi connectivity index (χ3n) is 3.86. The summed E-state index contributed by atoms with van der Waals surface area (Å²) in [4.78, 5) is 27.6. The molecule has 1 aromatic heterocycles. The van der Waals surface area contributed by atoms with Crippen molar-refractivity contribution in [3.63, 3.8) is 0 Å². The van der Waals surface area contributed by atoms with Gasteiger partial charge in [-0.25, -0.2) is 9.78 Å². The van der Waals surface area contributed by atoms with Gasteiger partial charge in [-0.2, -0.15) is 0 Å². The van der Waals surface area contributed by atoms with Crippen LogP contribution < -0.4 is 5.32 Å². The van der Waals surface area contributed by atoms with E-state index >= 15 is 0 Å². The standard InChI is InChI=1S/C18H24N2O3S/c1-2-3-8-14(18(22)23)19-16(21)11-6-7-12-17-20-13-9-4-5-10-15(13)24-17/h4-5,9-10,14H,2-3,6-8,11-12H2,1H3,(H,19,21)(H,22,23). The van der Waals surface area contributed by atoms with E-state index in [9.17, 15) is 9.59 Å². The molecular formula is C18H24N2O3S. The van der Waals surface area contributed by atoms with Gasteiger partial charge >= 0.3 is 5.97 Å². The minimum atomic E-state index is -0.953.